The highest BCUT2D eigenvalue weighted by atomic mass is 16.6. The molecule has 0 aromatic carbocycles. The van der Waals surface area contributed by atoms with Crippen LogP contribution in [-0.2, 0) is 28.6 Å². The van der Waals surface area contributed by atoms with Crippen molar-refractivity contribution >= 4 is 17.9 Å². The first-order valence-corrected chi connectivity index (χ1v) is 31.3. The lowest BCUT2D eigenvalue weighted by Gasteiger charge is -2.18. The summed E-state index contributed by atoms with van der Waals surface area (Å²) in [4.78, 5) is 38.2. The molecule has 0 bridgehead atoms. The van der Waals surface area contributed by atoms with E-state index in [9.17, 15) is 14.4 Å². The van der Waals surface area contributed by atoms with Gasteiger partial charge in [-0.15, -0.1) is 0 Å². The Labute approximate surface area is 447 Å². The Bertz CT molecular complexity index is 1290. The number of ether oxygens (including phenoxy) is 3. The van der Waals surface area contributed by atoms with Gasteiger partial charge in [0.15, 0.2) is 6.10 Å². The standard InChI is InChI=1S/C66H118O6/c1-4-7-10-13-16-19-22-25-27-29-30-31-32-33-34-35-36-38-39-41-44-47-50-53-56-59-65(68)71-62-63(61-70-64(67)58-55-52-49-46-43-24-21-18-15-12-9-6-3)72-66(69)60-57-54-51-48-45-42-40-37-28-26-23-20-17-14-11-8-5-2/h7,10,16,19,25,27,30-31,33-34,63H,4-6,8-9,11-15,17-18,20-24,26,28-29,32,35-62H2,1-3H3/b10-7-,19-16-,27-25-,31-30-,34-33-. The van der Waals surface area contributed by atoms with Crippen molar-refractivity contribution in [2.24, 2.45) is 0 Å². The van der Waals surface area contributed by atoms with Crippen LogP contribution in [0, 0.1) is 0 Å². The van der Waals surface area contributed by atoms with Crippen molar-refractivity contribution in [1.82, 2.24) is 0 Å². The van der Waals surface area contributed by atoms with Crippen LogP contribution in [0.1, 0.15) is 323 Å². The van der Waals surface area contributed by atoms with Gasteiger partial charge in [-0.2, -0.15) is 0 Å². The van der Waals surface area contributed by atoms with Crippen LogP contribution < -0.4 is 0 Å². The Balaban J connectivity index is 4.28. The van der Waals surface area contributed by atoms with Crippen molar-refractivity contribution in [2.75, 3.05) is 13.2 Å². The van der Waals surface area contributed by atoms with Gasteiger partial charge in [-0.05, 0) is 64.2 Å². The molecule has 1 unspecified atom stereocenters. The molecule has 0 saturated heterocycles. The molecule has 0 aromatic rings. The second-order valence-corrected chi connectivity index (χ2v) is 21.0. The van der Waals surface area contributed by atoms with Crippen molar-refractivity contribution in [3.05, 3.63) is 60.8 Å². The largest absolute Gasteiger partial charge is 0.462 e. The number of carbonyl (C=O) groups excluding carboxylic acids is 3. The van der Waals surface area contributed by atoms with E-state index in [0.717, 1.165) is 96.3 Å². The quantitative estimate of drug-likeness (QED) is 0.0261. The number of carbonyl (C=O) groups is 3. The fraction of sp³-hybridized carbons (Fsp3) is 0.803. The smallest absolute Gasteiger partial charge is 0.306 e. The van der Waals surface area contributed by atoms with Crippen molar-refractivity contribution in [3.63, 3.8) is 0 Å². The molecule has 0 radical (unpaired) electrons. The minimum absolute atomic E-state index is 0.0709. The number of esters is 3. The lowest BCUT2D eigenvalue weighted by Crippen LogP contribution is -2.30. The SMILES string of the molecule is CC/C=C\C/C=C\C/C=C\C/C=C\C/C=C\CCCCCCCCCCCC(=O)OCC(COC(=O)CCCCCCCCCCCCCC)OC(=O)CCCCCCCCCCCCCCCCCCC. The zero-order valence-corrected chi connectivity index (χ0v) is 47.9. The van der Waals surface area contributed by atoms with Crippen LogP contribution in [0.15, 0.2) is 60.8 Å². The first kappa shape index (κ1) is 69.1. The highest BCUT2D eigenvalue weighted by molar-refractivity contribution is 5.71. The third kappa shape index (κ3) is 58.0. The topological polar surface area (TPSA) is 78.9 Å². The summed E-state index contributed by atoms with van der Waals surface area (Å²) in [5.74, 6) is -0.858. The molecule has 0 saturated carbocycles. The predicted molar refractivity (Wildman–Crippen MR) is 312 cm³/mol. The average Bonchev–Trinajstić information content (AvgIpc) is 3.38. The molecule has 6 heteroatoms. The van der Waals surface area contributed by atoms with E-state index in [1.54, 1.807) is 0 Å². The van der Waals surface area contributed by atoms with E-state index < -0.39 is 6.10 Å². The van der Waals surface area contributed by atoms with Crippen LogP contribution in [0.3, 0.4) is 0 Å². The molecular weight excluding hydrogens is 889 g/mol. The van der Waals surface area contributed by atoms with E-state index in [4.69, 9.17) is 14.2 Å². The summed E-state index contributed by atoms with van der Waals surface area (Å²) >= 11 is 0. The monoisotopic (exact) mass is 1010 g/mol. The van der Waals surface area contributed by atoms with Crippen LogP contribution in [-0.4, -0.2) is 37.2 Å². The summed E-state index contributed by atoms with van der Waals surface area (Å²) in [5, 5.41) is 0. The maximum absolute atomic E-state index is 12.9. The molecule has 0 rings (SSSR count). The molecule has 0 spiro atoms. The molecule has 0 aromatic heterocycles. The maximum Gasteiger partial charge on any atom is 0.306 e. The first-order chi connectivity index (χ1) is 35.5. The number of rotatable bonds is 57. The minimum atomic E-state index is -0.773. The highest BCUT2D eigenvalue weighted by Crippen LogP contribution is 2.17. The van der Waals surface area contributed by atoms with Crippen LogP contribution in [0.4, 0.5) is 0 Å². The molecule has 0 fully saturated rings. The number of allylic oxidation sites excluding steroid dienone is 10. The molecule has 1 atom stereocenters. The predicted octanol–water partition coefficient (Wildman–Crippen LogP) is 21.2. The van der Waals surface area contributed by atoms with Crippen molar-refractivity contribution in [1.29, 1.82) is 0 Å². The Morgan fingerprint density at radius 3 is 0.847 bits per heavy atom. The molecule has 6 nitrogen and oxygen atoms in total. The van der Waals surface area contributed by atoms with Gasteiger partial charge in [0.05, 0.1) is 0 Å². The summed E-state index contributed by atoms with van der Waals surface area (Å²) in [7, 11) is 0. The zero-order chi connectivity index (χ0) is 52.2. The summed E-state index contributed by atoms with van der Waals surface area (Å²) < 4.78 is 16.9. The van der Waals surface area contributed by atoms with Crippen LogP contribution in [0.5, 0.6) is 0 Å². The van der Waals surface area contributed by atoms with Crippen LogP contribution >= 0.6 is 0 Å². The molecule has 0 aliphatic rings. The zero-order valence-electron chi connectivity index (χ0n) is 47.9. The molecule has 418 valence electrons. The molecule has 0 aliphatic carbocycles. The van der Waals surface area contributed by atoms with Gasteiger partial charge in [0.1, 0.15) is 13.2 Å². The lowest BCUT2D eigenvalue weighted by molar-refractivity contribution is -0.167. The summed E-state index contributed by atoms with van der Waals surface area (Å²) in [5.41, 5.74) is 0. The van der Waals surface area contributed by atoms with Gasteiger partial charge in [-0.25, -0.2) is 0 Å². The molecule has 72 heavy (non-hydrogen) atoms. The summed E-state index contributed by atoms with van der Waals surface area (Å²) in [6, 6.07) is 0. The van der Waals surface area contributed by atoms with E-state index in [0.29, 0.717) is 19.3 Å². The summed E-state index contributed by atoms with van der Waals surface area (Å²) in [6.07, 6.45) is 76.5. The molecular formula is C66H118O6. The average molecular weight is 1010 g/mol. The normalized spacial score (nSPS) is 12.4. The Kier molecular flexibility index (Phi) is 58.2. The van der Waals surface area contributed by atoms with Crippen LogP contribution in [0.2, 0.25) is 0 Å². The maximum atomic E-state index is 12.9. The molecule has 0 amide bonds. The van der Waals surface area contributed by atoms with Gasteiger partial charge in [-0.3, -0.25) is 14.4 Å². The van der Waals surface area contributed by atoms with E-state index in [2.05, 4.69) is 81.5 Å². The lowest BCUT2D eigenvalue weighted by atomic mass is 10.0. The Hall–Kier alpha value is -2.89. The summed E-state index contributed by atoms with van der Waals surface area (Å²) in [6.45, 7) is 6.56. The van der Waals surface area contributed by atoms with Gasteiger partial charge in [0.2, 0.25) is 0 Å². The number of unbranched alkanes of at least 4 members (excludes halogenated alkanes) is 36. The third-order valence-corrected chi connectivity index (χ3v) is 13.8. The van der Waals surface area contributed by atoms with Gasteiger partial charge in [0.25, 0.3) is 0 Å². The number of hydrogen-bond acceptors (Lipinski definition) is 6. The van der Waals surface area contributed by atoms with E-state index in [-0.39, 0.29) is 31.1 Å². The van der Waals surface area contributed by atoms with Crippen LogP contribution in [0.25, 0.3) is 0 Å². The molecule has 0 N–H and O–H groups in total. The van der Waals surface area contributed by atoms with Gasteiger partial charge in [0, 0.05) is 19.3 Å². The molecule has 0 heterocycles. The first-order valence-electron chi connectivity index (χ1n) is 31.3. The van der Waals surface area contributed by atoms with E-state index in [1.165, 1.54) is 186 Å². The second kappa shape index (κ2) is 60.7. The van der Waals surface area contributed by atoms with Crippen molar-refractivity contribution in [3.8, 4) is 0 Å². The number of hydrogen-bond donors (Lipinski definition) is 0. The molecule has 0 aliphatic heterocycles. The fourth-order valence-corrected chi connectivity index (χ4v) is 9.12. The highest BCUT2D eigenvalue weighted by Gasteiger charge is 2.19. The minimum Gasteiger partial charge on any atom is -0.462 e. The van der Waals surface area contributed by atoms with Gasteiger partial charge < -0.3 is 14.2 Å². The van der Waals surface area contributed by atoms with E-state index >= 15 is 0 Å². The van der Waals surface area contributed by atoms with Crippen molar-refractivity contribution < 1.29 is 28.6 Å². The second-order valence-electron chi connectivity index (χ2n) is 21.0. The van der Waals surface area contributed by atoms with E-state index in [1.807, 2.05) is 0 Å². The van der Waals surface area contributed by atoms with Gasteiger partial charge >= 0.3 is 17.9 Å². The van der Waals surface area contributed by atoms with Gasteiger partial charge in [-0.1, -0.05) is 300 Å². The fourth-order valence-electron chi connectivity index (χ4n) is 9.12. The third-order valence-electron chi connectivity index (χ3n) is 13.8. The Morgan fingerprint density at radius 1 is 0.292 bits per heavy atom. The van der Waals surface area contributed by atoms with Crippen molar-refractivity contribution in [2.45, 2.75) is 329 Å². The Morgan fingerprint density at radius 2 is 0.542 bits per heavy atom.